The zero-order valence-electron chi connectivity index (χ0n) is 5.70. The molecule has 0 aliphatic rings. The number of halogens is 3. The molecule has 0 heterocycles. The van der Waals surface area contributed by atoms with Gasteiger partial charge < -0.3 is 5.11 Å². The monoisotopic (exact) mass is 197 g/mol. The number of rotatable bonds is 1. The number of hydrogen-bond donors (Lipinski definition) is 1. The van der Waals surface area contributed by atoms with Crippen molar-refractivity contribution < 1.29 is 5.11 Å². The third kappa shape index (κ3) is 1.48. The smallest absolute Gasteiger partial charge is 0.293 e. The standard InChI is InChI=1S/C6H3Cl3O/c7-4-1-3(10)2-5(8)6(4)9/h1-2,10H/i/hD. The Morgan fingerprint density at radius 2 is 1.70 bits per heavy atom. The Balaban J connectivity index is 3.21. The average Bonchev–Trinajstić information content (AvgIpc) is 1.99. The van der Waals surface area contributed by atoms with Crippen molar-refractivity contribution in [3.8, 4) is 5.75 Å². The molecule has 4 heteroatoms. The molecule has 0 aromatic heterocycles. The van der Waals surface area contributed by atoms with Crippen molar-refractivity contribution in [1.82, 2.24) is 0 Å². The third-order valence-corrected chi connectivity index (χ3v) is 2.15. The predicted molar refractivity (Wildman–Crippen MR) is 43.1 cm³/mol. The average molecular weight is 198 g/mol. The van der Waals surface area contributed by atoms with Crippen LogP contribution in [0.2, 0.25) is 15.1 Å². The van der Waals surface area contributed by atoms with E-state index in [2.05, 4.69) is 5.11 Å². The highest BCUT2D eigenvalue weighted by atomic mass is 35.5. The normalized spacial score (nSPS) is 10.9. The molecule has 0 amide bonds. The summed E-state index contributed by atoms with van der Waals surface area (Å²) in [6, 6.07) is 2.84. The summed E-state index contributed by atoms with van der Waals surface area (Å²) in [5.74, 6) is 0.268. The Bertz CT molecular complexity index is 254. The molecule has 0 saturated carbocycles. The number of benzene rings is 1. The summed E-state index contributed by atoms with van der Waals surface area (Å²) in [5, 5.41) is 4.98. The highest BCUT2D eigenvalue weighted by molar-refractivity contribution is 6.48. The van der Waals surface area contributed by atoms with Crippen LogP contribution in [0.1, 0.15) is 0 Å². The van der Waals surface area contributed by atoms with Gasteiger partial charge in [-0.15, -0.1) is 0 Å². The molecule has 0 fully saturated rings. The van der Waals surface area contributed by atoms with Crippen molar-refractivity contribution in [2.45, 2.75) is 0 Å². The minimum Gasteiger partial charge on any atom is -0.508 e. The number of hydrogen-bond acceptors (Lipinski definition) is 1. The molecule has 1 nitrogen and oxygen atoms in total. The molecule has 1 aromatic rings. The Morgan fingerprint density at radius 3 is 2.10 bits per heavy atom. The minimum atomic E-state index is 0.268. The lowest BCUT2D eigenvalue weighted by molar-refractivity contribution is 0.475. The molecular formula is C6H3Cl3O. The first-order chi connectivity index (χ1) is 5.15. The zero-order valence-corrected chi connectivity index (χ0v) is 6.96. The maximum Gasteiger partial charge on any atom is 0.293 e. The molecule has 0 spiro atoms. The van der Waals surface area contributed by atoms with E-state index < -0.39 is 0 Å². The van der Waals surface area contributed by atoms with E-state index in [9.17, 15) is 0 Å². The SMILES string of the molecule is [2H]Oc1cc(Cl)c(Cl)c(Cl)c1. The van der Waals surface area contributed by atoms with Gasteiger partial charge in [-0.25, -0.2) is 0 Å². The highest BCUT2D eigenvalue weighted by Gasteiger charge is 2.03. The highest BCUT2D eigenvalue weighted by Crippen LogP contribution is 2.33. The molecule has 0 aliphatic heterocycles. The first-order valence-corrected chi connectivity index (χ1v) is 3.56. The van der Waals surface area contributed by atoms with E-state index in [-0.39, 0.29) is 20.8 Å². The lowest BCUT2D eigenvalue weighted by Crippen LogP contribution is -1.71. The van der Waals surface area contributed by atoms with Crippen LogP contribution in [0, 0.1) is 0 Å². The molecular weight excluding hydrogens is 194 g/mol. The Hall–Kier alpha value is -0.110. The fourth-order valence-electron chi connectivity index (χ4n) is 0.532. The van der Waals surface area contributed by atoms with Crippen LogP contribution in [-0.2, 0) is 0 Å². The molecule has 10 heavy (non-hydrogen) atoms. The molecule has 1 aromatic carbocycles. The number of aromatic hydroxyl groups is 1. The van der Waals surface area contributed by atoms with E-state index in [0.29, 0.717) is 0 Å². The number of phenols is 1. The molecule has 54 valence electrons. The van der Waals surface area contributed by atoms with Crippen LogP contribution >= 0.6 is 34.8 Å². The van der Waals surface area contributed by atoms with Crippen molar-refractivity contribution >= 4 is 34.8 Å². The van der Waals surface area contributed by atoms with Crippen LogP contribution < -0.4 is 0 Å². The summed E-state index contributed by atoms with van der Waals surface area (Å²) in [5.41, 5.74) is 0. The van der Waals surface area contributed by atoms with Crippen molar-refractivity contribution in [2.24, 2.45) is 0 Å². The summed E-state index contributed by atoms with van der Waals surface area (Å²) in [6.07, 6.45) is 0. The van der Waals surface area contributed by atoms with Crippen LogP contribution in [0.4, 0.5) is 0 Å². The molecule has 1 rings (SSSR count). The third-order valence-electron chi connectivity index (χ3n) is 0.957. The van der Waals surface area contributed by atoms with Crippen LogP contribution in [0.25, 0.3) is 0 Å². The van der Waals surface area contributed by atoms with Crippen LogP contribution in [0.5, 0.6) is 5.75 Å². The van der Waals surface area contributed by atoms with E-state index in [1.165, 1.54) is 12.1 Å². The fourth-order valence-corrected chi connectivity index (χ4v) is 1.11. The lowest BCUT2D eigenvalue weighted by atomic mass is 10.3. The molecule has 0 radical (unpaired) electrons. The van der Waals surface area contributed by atoms with Crippen LogP contribution in [-0.4, -0.2) is 6.54 Å². The summed E-state index contributed by atoms with van der Waals surface area (Å²) >= 11 is 16.9. The van der Waals surface area contributed by atoms with Gasteiger partial charge in [0, 0.05) is 12.1 Å². The second-order valence-corrected chi connectivity index (χ2v) is 2.89. The van der Waals surface area contributed by atoms with Gasteiger partial charge in [0.15, 0.2) is 0 Å². The second kappa shape index (κ2) is 2.87. The first kappa shape index (κ1) is 6.59. The van der Waals surface area contributed by atoms with Gasteiger partial charge in [-0.2, -0.15) is 0 Å². The maximum atomic E-state index is 6.55. The molecule has 0 aliphatic carbocycles. The van der Waals surface area contributed by atoms with Crippen molar-refractivity contribution in [1.29, 1.82) is 1.43 Å². The van der Waals surface area contributed by atoms with E-state index in [1.54, 1.807) is 0 Å². The van der Waals surface area contributed by atoms with E-state index in [0.717, 1.165) is 0 Å². The summed E-state index contributed by atoms with van der Waals surface area (Å²) < 4.78 is 6.55. The van der Waals surface area contributed by atoms with Gasteiger partial charge in [-0.1, -0.05) is 34.8 Å². The van der Waals surface area contributed by atoms with Gasteiger partial charge >= 0.3 is 0 Å². The van der Waals surface area contributed by atoms with Gasteiger partial charge in [-0.3, -0.25) is 0 Å². The molecule has 0 unspecified atom stereocenters. The van der Waals surface area contributed by atoms with Crippen LogP contribution in [0.3, 0.4) is 0 Å². The number of phenolic OH excluding ortho intramolecular Hbond substituents is 1. The zero-order chi connectivity index (χ0) is 8.43. The molecule has 1 N–H and O–H groups in total. The van der Waals surface area contributed by atoms with Crippen molar-refractivity contribution in [2.75, 3.05) is 0 Å². The van der Waals surface area contributed by atoms with E-state index in [1.807, 2.05) is 0 Å². The fraction of sp³-hybridized carbons (Fsp3) is 0. The quantitative estimate of drug-likeness (QED) is 0.686. The topological polar surface area (TPSA) is 20.2 Å². The van der Waals surface area contributed by atoms with Gasteiger partial charge in [-0.05, 0) is 0 Å². The van der Waals surface area contributed by atoms with Crippen LogP contribution in [0.15, 0.2) is 12.1 Å². The van der Waals surface area contributed by atoms with Gasteiger partial charge in [0.25, 0.3) is 1.43 Å². The first-order valence-electron chi connectivity index (χ1n) is 2.83. The lowest BCUT2D eigenvalue weighted by Gasteiger charge is -1.98. The Labute approximate surface area is 74.6 Å². The molecule has 0 atom stereocenters. The second-order valence-electron chi connectivity index (χ2n) is 1.70. The van der Waals surface area contributed by atoms with Gasteiger partial charge in [0.1, 0.15) is 5.75 Å². The van der Waals surface area contributed by atoms with Gasteiger partial charge in [0.2, 0.25) is 0 Å². The van der Waals surface area contributed by atoms with E-state index in [4.69, 9.17) is 36.2 Å². The summed E-state index contributed by atoms with van der Waals surface area (Å²) in [4.78, 5) is 0. The minimum absolute atomic E-state index is 0.268. The van der Waals surface area contributed by atoms with E-state index >= 15 is 0 Å². The molecule has 0 saturated heterocycles. The Morgan fingerprint density at radius 1 is 1.20 bits per heavy atom. The summed E-state index contributed by atoms with van der Waals surface area (Å²) in [6.45, 7) is 0. The largest absolute Gasteiger partial charge is 0.508 e. The maximum absolute atomic E-state index is 6.55. The summed E-state index contributed by atoms with van der Waals surface area (Å²) in [7, 11) is 0. The van der Waals surface area contributed by atoms with Crippen molar-refractivity contribution in [3.05, 3.63) is 27.2 Å². The Kier molecular flexibility index (Phi) is 1.89. The van der Waals surface area contributed by atoms with Gasteiger partial charge in [0.05, 0.1) is 15.1 Å². The van der Waals surface area contributed by atoms with Crippen molar-refractivity contribution in [3.63, 3.8) is 0 Å². The molecule has 0 bridgehead atoms. The predicted octanol–water partition coefficient (Wildman–Crippen LogP) is 3.35.